The van der Waals surface area contributed by atoms with Crippen molar-refractivity contribution in [2.24, 2.45) is 0 Å². The highest BCUT2D eigenvalue weighted by Crippen LogP contribution is 2.13. The minimum absolute atomic E-state index is 0.0213. The lowest BCUT2D eigenvalue weighted by atomic mass is 10.2. The summed E-state index contributed by atoms with van der Waals surface area (Å²) in [4.78, 5) is 11.4. The highest BCUT2D eigenvalue weighted by molar-refractivity contribution is 9.11. The summed E-state index contributed by atoms with van der Waals surface area (Å²) in [6, 6.07) is 7.74. The molecule has 1 aromatic rings. The molecule has 0 aliphatic heterocycles. The first-order valence-corrected chi connectivity index (χ1v) is 6.23. The Morgan fingerprint density at radius 2 is 2.29 bits per heavy atom. The summed E-state index contributed by atoms with van der Waals surface area (Å²) in [7, 11) is 0. The lowest BCUT2D eigenvalue weighted by Crippen LogP contribution is -2.29. The van der Waals surface area contributed by atoms with Gasteiger partial charge in [0.1, 0.15) is 5.75 Å². The Morgan fingerprint density at radius 3 is 2.94 bits per heavy atom. The number of carbonyl (C=O) groups excluding carboxylic acids is 1. The molecule has 0 atom stereocenters. The van der Waals surface area contributed by atoms with Crippen LogP contribution in [0.1, 0.15) is 12.5 Å². The Bertz CT molecular complexity index is 404. The fraction of sp³-hybridized carbons (Fsp3) is 0.308. The van der Waals surface area contributed by atoms with E-state index in [1.54, 1.807) is 0 Å². The Hall–Kier alpha value is -1.29. The summed E-state index contributed by atoms with van der Waals surface area (Å²) in [5.41, 5.74) is 1.19. The van der Waals surface area contributed by atoms with Crippen molar-refractivity contribution >= 4 is 21.8 Å². The van der Waals surface area contributed by atoms with Gasteiger partial charge in [-0.15, -0.1) is 0 Å². The maximum Gasteiger partial charge on any atom is 0.258 e. The minimum atomic E-state index is -0.160. The molecule has 1 aromatic carbocycles. The molecule has 0 fully saturated rings. The Balaban J connectivity index is 2.39. The van der Waals surface area contributed by atoms with E-state index >= 15 is 0 Å². The summed E-state index contributed by atoms with van der Waals surface area (Å²) in [6.07, 6.45) is 0.951. The van der Waals surface area contributed by atoms with Crippen molar-refractivity contribution in [3.05, 3.63) is 40.9 Å². The topological polar surface area (TPSA) is 38.3 Å². The highest BCUT2D eigenvalue weighted by atomic mass is 79.9. The molecule has 3 nitrogen and oxygen atoms in total. The molecule has 0 saturated carbocycles. The molecule has 0 aliphatic carbocycles. The van der Waals surface area contributed by atoms with Gasteiger partial charge in [0.2, 0.25) is 0 Å². The number of nitrogens with one attached hydrogen (secondary N) is 1. The van der Waals surface area contributed by atoms with E-state index in [2.05, 4.69) is 34.7 Å². The monoisotopic (exact) mass is 297 g/mol. The van der Waals surface area contributed by atoms with Crippen LogP contribution in [0.3, 0.4) is 0 Å². The SMILES string of the molecule is C=C(Br)CNC(=O)COc1cccc(CC)c1. The Kier molecular flexibility index (Phi) is 5.77. The van der Waals surface area contributed by atoms with Gasteiger partial charge in [-0.05, 0) is 24.1 Å². The molecule has 0 radical (unpaired) electrons. The fourth-order valence-corrected chi connectivity index (χ4v) is 1.39. The van der Waals surface area contributed by atoms with E-state index in [1.807, 2.05) is 24.3 Å². The Labute approximate surface area is 110 Å². The van der Waals surface area contributed by atoms with E-state index < -0.39 is 0 Å². The largest absolute Gasteiger partial charge is 0.484 e. The zero-order valence-corrected chi connectivity index (χ0v) is 11.4. The second-order valence-corrected chi connectivity index (χ2v) is 4.71. The molecule has 0 heterocycles. The number of aryl methyl sites for hydroxylation is 1. The van der Waals surface area contributed by atoms with E-state index in [4.69, 9.17) is 4.74 Å². The van der Waals surface area contributed by atoms with Gasteiger partial charge in [-0.1, -0.05) is 41.6 Å². The number of halogens is 1. The van der Waals surface area contributed by atoms with Crippen LogP contribution in [0.15, 0.2) is 35.3 Å². The number of carbonyl (C=O) groups is 1. The average molecular weight is 298 g/mol. The van der Waals surface area contributed by atoms with Crippen LogP contribution in [0.2, 0.25) is 0 Å². The minimum Gasteiger partial charge on any atom is -0.484 e. The number of rotatable bonds is 6. The maximum absolute atomic E-state index is 11.4. The van der Waals surface area contributed by atoms with Gasteiger partial charge in [-0.25, -0.2) is 0 Å². The second kappa shape index (κ2) is 7.12. The van der Waals surface area contributed by atoms with Gasteiger partial charge in [-0.2, -0.15) is 0 Å². The number of benzene rings is 1. The normalized spacial score (nSPS) is 9.76. The third-order valence-electron chi connectivity index (χ3n) is 2.15. The molecule has 92 valence electrons. The van der Waals surface area contributed by atoms with Gasteiger partial charge in [0.25, 0.3) is 5.91 Å². The van der Waals surface area contributed by atoms with E-state index in [9.17, 15) is 4.79 Å². The van der Waals surface area contributed by atoms with Crippen LogP contribution < -0.4 is 10.1 Å². The van der Waals surface area contributed by atoms with E-state index in [1.165, 1.54) is 5.56 Å². The van der Waals surface area contributed by atoms with Gasteiger partial charge < -0.3 is 10.1 Å². The molecule has 0 aromatic heterocycles. The molecule has 0 saturated heterocycles. The van der Waals surface area contributed by atoms with Crippen molar-refractivity contribution in [2.45, 2.75) is 13.3 Å². The van der Waals surface area contributed by atoms with Crippen molar-refractivity contribution in [1.29, 1.82) is 0 Å². The van der Waals surface area contributed by atoms with Crippen LogP contribution in [0, 0.1) is 0 Å². The summed E-state index contributed by atoms with van der Waals surface area (Å²) in [6.45, 7) is 6.14. The van der Waals surface area contributed by atoms with E-state index in [0.29, 0.717) is 6.54 Å². The molecule has 0 unspecified atom stereocenters. The first-order chi connectivity index (χ1) is 8.11. The van der Waals surface area contributed by atoms with Crippen molar-refractivity contribution in [1.82, 2.24) is 5.32 Å². The molecular formula is C13H16BrNO2. The molecule has 4 heteroatoms. The summed E-state index contributed by atoms with van der Waals surface area (Å²) in [5.74, 6) is 0.560. The van der Waals surface area contributed by atoms with Gasteiger partial charge in [0, 0.05) is 11.0 Å². The smallest absolute Gasteiger partial charge is 0.258 e. The van der Waals surface area contributed by atoms with Crippen LogP contribution in [0.25, 0.3) is 0 Å². The van der Waals surface area contributed by atoms with E-state index in [0.717, 1.165) is 16.7 Å². The fourth-order valence-electron chi connectivity index (χ4n) is 1.25. The predicted octanol–water partition coefficient (Wildman–Crippen LogP) is 2.65. The van der Waals surface area contributed by atoms with Crippen LogP contribution in [-0.2, 0) is 11.2 Å². The Morgan fingerprint density at radius 1 is 1.53 bits per heavy atom. The molecule has 1 N–H and O–H groups in total. The number of hydrogen-bond acceptors (Lipinski definition) is 2. The number of ether oxygens (including phenoxy) is 1. The third-order valence-corrected chi connectivity index (χ3v) is 2.43. The first kappa shape index (κ1) is 13.8. The standard InChI is InChI=1S/C13H16BrNO2/c1-3-11-5-4-6-12(7-11)17-9-13(16)15-8-10(2)14/h4-7H,2-3,8-9H2,1H3,(H,15,16). The van der Waals surface area contributed by atoms with Crippen LogP contribution in [-0.4, -0.2) is 19.1 Å². The van der Waals surface area contributed by atoms with Crippen LogP contribution >= 0.6 is 15.9 Å². The van der Waals surface area contributed by atoms with Crippen molar-refractivity contribution < 1.29 is 9.53 Å². The van der Waals surface area contributed by atoms with Gasteiger partial charge in [0.15, 0.2) is 6.61 Å². The van der Waals surface area contributed by atoms with Crippen molar-refractivity contribution in [3.8, 4) is 5.75 Å². The van der Waals surface area contributed by atoms with E-state index in [-0.39, 0.29) is 12.5 Å². The molecule has 0 spiro atoms. The van der Waals surface area contributed by atoms with Crippen molar-refractivity contribution in [2.75, 3.05) is 13.2 Å². The summed E-state index contributed by atoms with van der Waals surface area (Å²) >= 11 is 3.17. The molecule has 0 aliphatic rings. The second-order valence-electron chi connectivity index (χ2n) is 3.58. The molecule has 17 heavy (non-hydrogen) atoms. The van der Waals surface area contributed by atoms with Crippen LogP contribution in [0.5, 0.6) is 5.75 Å². The lowest BCUT2D eigenvalue weighted by molar-refractivity contribution is -0.122. The zero-order valence-electron chi connectivity index (χ0n) is 9.83. The van der Waals surface area contributed by atoms with Gasteiger partial charge in [0.05, 0.1) is 0 Å². The average Bonchev–Trinajstić information content (AvgIpc) is 2.34. The molecular weight excluding hydrogens is 282 g/mol. The van der Waals surface area contributed by atoms with Gasteiger partial charge >= 0.3 is 0 Å². The lowest BCUT2D eigenvalue weighted by Gasteiger charge is -2.07. The van der Waals surface area contributed by atoms with Gasteiger partial charge in [-0.3, -0.25) is 4.79 Å². The molecule has 1 rings (SSSR count). The predicted molar refractivity (Wildman–Crippen MR) is 72.4 cm³/mol. The summed E-state index contributed by atoms with van der Waals surface area (Å²) < 4.78 is 6.12. The highest BCUT2D eigenvalue weighted by Gasteiger charge is 2.02. The zero-order chi connectivity index (χ0) is 12.7. The molecule has 0 bridgehead atoms. The number of amides is 1. The quantitative estimate of drug-likeness (QED) is 0.877. The first-order valence-electron chi connectivity index (χ1n) is 5.43. The maximum atomic E-state index is 11.4. The third kappa shape index (κ3) is 5.54. The van der Waals surface area contributed by atoms with Crippen molar-refractivity contribution in [3.63, 3.8) is 0 Å². The number of hydrogen-bond donors (Lipinski definition) is 1. The summed E-state index contributed by atoms with van der Waals surface area (Å²) in [5, 5.41) is 2.67. The van der Waals surface area contributed by atoms with Crippen LogP contribution in [0.4, 0.5) is 0 Å². The molecule has 1 amide bonds.